The highest BCUT2D eigenvalue weighted by molar-refractivity contribution is 6.43. The first-order valence-electron chi connectivity index (χ1n) is 8.30. The number of pyridine rings is 1. The summed E-state index contributed by atoms with van der Waals surface area (Å²) in [4.78, 5) is 4.34. The van der Waals surface area contributed by atoms with E-state index >= 15 is 0 Å². The summed E-state index contributed by atoms with van der Waals surface area (Å²) in [6, 6.07) is 15.4. The quantitative estimate of drug-likeness (QED) is 0.508. The van der Waals surface area contributed by atoms with Crippen molar-refractivity contribution >= 4 is 29.2 Å². The van der Waals surface area contributed by atoms with Crippen LogP contribution in [0.15, 0.2) is 60.8 Å². The summed E-state index contributed by atoms with van der Waals surface area (Å²) in [7, 11) is 0. The molecule has 2 aromatic carbocycles. The molecule has 4 aromatic rings. The zero-order chi connectivity index (χ0) is 19.5. The van der Waals surface area contributed by atoms with Crippen molar-refractivity contribution in [3.63, 3.8) is 0 Å². The third kappa shape index (κ3) is 3.54. The van der Waals surface area contributed by atoms with Crippen LogP contribution in [0.1, 0.15) is 5.56 Å². The molecule has 140 valence electrons. The van der Waals surface area contributed by atoms with Crippen LogP contribution < -0.4 is 5.32 Å². The second-order valence-corrected chi connectivity index (χ2v) is 6.62. The number of benzene rings is 2. The highest BCUT2D eigenvalue weighted by atomic mass is 35.5. The molecule has 0 aliphatic heterocycles. The Morgan fingerprint density at radius 3 is 2.71 bits per heavy atom. The Labute approximate surface area is 169 Å². The predicted octanol–water partition coefficient (Wildman–Crippen LogP) is 4.78. The maximum Gasteiger partial charge on any atom is 0.248 e. The van der Waals surface area contributed by atoms with Crippen molar-refractivity contribution < 1.29 is 4.39 Å². The maximum atomic E-state index is 14.2. The fourth-order valence-corrected chi connectivity index (χ4v) is 3.14. The summed E-state index contributed by atoms with van der Waals surface area (Å²) in [5.41, 5.74) is 2.31. The molecule has 0 bridgehead atoms. The van der Waals surface area contributed by atoms with Gasteiger partial charge in [0.15, 0.2) is 0 Å². The van der Waals surface area contributed by atoms with Gasteiger partial charge in [-0.1, -0.05) is 52.6 Å². The highest BCUT2D eigenvalue weighted by Gasteiger charge is 2.15. The van der Waals surface area contributed by atoms with E-state index in [-0.39, 0.29) is 5.82 Å². The van der Waals surface area contributed by atoms with Crippen LogP contribution in [-0.4, -0.2) is 25.2 Å². The van der Waals surface area contributed by atoms with Crippen LogP contribution in [0.2, 0.25) is 10.0 Å². The lowest BCUT2D eigenvalue weighted by Gasteiger charge is -2.12. The average Bonchev–Trinajstić information content (AvgIpc) is 3.17. The molecular weight excluding hydrogens is 402 g/mol. The Morgan fingerprint density at radius 2 is 1.86 bits per heavy atom. The molecule has 0 spiro atoms. The Bertz CT molecular complexity index is 1130. The minimum Gasteiger partial charge on any atom is -0.349 e. The molecule has 28 heavy (non-hydrogen) atoms. The summed E-state index contributed by atoms with van der Waals surface area (Å²) < 4.78 is 15.7. The number of aromatic nitrogens is 5. The van der Waals surface area contributed by atoms with Gasteiger partial charge >= 0.3 is 0 Å². The summed E-state index contributed by atoms with van der Waals surface area (Å²) in [5, 5.41) is 15.5. The van der Waals surface area contributed by atoms with E-state index in [1.54, 1.807) is 48.7 Å². The molecule has 0 saturated carbocycles. The molecular formula is C19H13Cl2FN6. The first kappa shape index (κ1) is 18.3. The third-order valence-electron chi connectivity index (χ3n) is 4.09. The molecule has 0 aliphatic rings. The van der Waals surface area contributed by atoms with Gasteiger partial charge in [0.05, 0.1) is 21.4 Å². The van der Waals surface area contributed by atoms with Crippen molar-refractivity contribution in [2.24, 2.45) is 0 Å². The number of rotatable bonds is 5. The van der Waals surface area contributed by atoms with E-state index in [0.717, 1.165) is 5.56 Å². The lowest BCUT2D eigenvalue weighted by molar-refractivity contribution is 0.630. The van der Waals surface area contributed by atoms with Gasteiger partial charge in [0.2, 0.25) is 5.95 Å². The van der Waals surface area contributed by atoms with E-state index in [9.17, 15) is 4.39 Å². The first-order valence-corrected chi connectivity index (χ1v) is 9.06. The number of hydrogen-bond acceptors (Lipinski definition) is 5. The topological polar surface area (TPSA) is 68.5 Å². The van der Waals surface area contributed by atoms with Crippen LogP contribution >= 0.6 is 23.2 Å². The van der Waals surface area contributed by atoms with Crippen LogP contribution in [0, 0.1) is 5.82 Å². The molecule has 6 nitrogen and oxygen atoms in total. The number of halogens is 3. The van der Waals surface area contributed by atoms with Crippen molar-refractivity contribution in [2.45, 2.75) is 6.54 Å². The summed E-state index contributed by atoms with van der Waals surface area (Å²) >= 11 is 12.4. The molecule has 0 saturated heterocycles. The second-order valence-electron chi connectivity index (χ2n) is 5.83. The number of hydrogen-bond donors (Lipinski definition) is 1. The summed E-state index contributed by atoms with van der Waals surface area (Å²) in [5.74, 6) is 0.0329. The smallest absolute Gasteiger partial charge is 0.248 e. The Hall–Kier alpha value is -3.03. The molecule has 0 atom stereocenters. The van der Waals surface area contributed by atoms with Gasteiger partial charge in [-0.05, 0) is 46.3 Å². The standard InChI is InChI=1S/C19H13Cl2FN6/c20-14-7-3-9-16(17(14)21)28-19(25-26-27-28)24-11-12-5-4-10-23-18(12)13-6-1-2-8-15(13)22/h1-10H,11H2,(H,24,25,27). The van der Waals surface area contributed by atoms with E-state index in [1.807, 2.05) is 6.07 Å². The van der Waals surface area contributed by atoms with E-state index in [4.69, 9.17) is 23.2 Å². The summed E-state index contributed by atoms with van der Waals surface area (Å²) in [6.07, 6.45) is 1.63. The second kappa shape index (κ2) is 7.92. The van der Waals surface area contributed by atoms with E-state index in [1.165, 1.54) is 10.7 Å². The normalized spacial score (nSPS) is 10.8. The van der Waals surface area contributed by atoms with Crippen LogP contribution in [0.4, 0.5) is 10.3 Å². The number of nitrogens with zero attached hydrogens (tertiary/aromatic N) is 5. The molecule has 0 amide bonds. The Kier molecular flexibility index (Phi) is 5.18. The van der Waals surface area contributed by atoms with Gasteiger partial charge in [0, 0.05) is 18.3 Å². The number of anilines is 1. The molecule has 9 heteroatoms. The van der Waals surface area contributed by atoms with Gasteiger partial charge in [-0.15, -0.1) is 0 Å². The molecule has 0 aliphatic carbocycles. The van der Waals surface area contributed by atoms with Crippen molar-refractivity contribution in [1.82, 2.24) is 25.2 Å². The van der Waals surface area contributed by atoms with Gasteiger partial charge in [-0.3, -0.25) is 4.98 Å². The molecule has 1 N–H and O–H groups in total. The number of tetrazole rings is 1. The number of nitrogens with one attached hydrogen (secondary N) is 1. The molecule has 0 unspecified atom stereocenters. The summed E-state index contributed by atoms with van der Waals surface area (Å²) in [6.45, 7) is 0.329. The van der Waals surface area contributed by atoms with E-state index < -0.39 is 0 Å². The van der Waals surface area contributed by atoms with Gasteiger partial charge in [0.1, 0.15) is 5.82 Å². The third-order valence-corrected chi connectivity index (χ3v) is 4.90. The first-order chi connectivity index (χ1) is 13.6. The van der Waals surface area contributed by atoms with E-state index in [2.05, 4.69) is 25.8 Å². The van der Waals surface area contributed by atoms with Crippen molar-refractivity contribution in [1.29, 1.82) is 0 Å². The largest absolute Gasteiger partial charge is 0.349 e. The van der Waals surface area contributed by atoms with Gasteiger partial charge < -0.3 is 5.32 Å². The van der Waals surface area contributed by atoms with Crippen molar-refractivity contribution in [3.05, 3.63) is 82.2 Å². The van der Waals surface area contributed by atoms with E-state index in [0.29, 0.717) is 39.5 Å². The minimum atomic E-state index is -0.335. The Balaban J connectivity index is 1.64. The van der Waals surface area contributed by atoms with Crippen molar-refractivity contribution in [2.75, 3.05) is 5.32 Å². The minimum absolute atomic E-state index is 0.329. The van der Waals surface area contributed by atoms with Crippen LogP contribution in [0.3, 0.4) is 0 Å². The Morgan fingerprint density at radius 1 is 1.00 bits per heavy atom. The fraction of sp³-hybridized carbons (Fsp3) is 0.0526. The molecule has 4 rings (SSSR count). The SMILES string of the molecule is Fc1ccccc1-c1ncccc1CNc1nnnn1-c1cccc(Cl)c1Cl. The van der Waals surface area contributed by atoms with Crippen molar-refractivity contribution in [3.8, 4) is 16.9 Å². The fourth-order valence-electron chi connectivity index (χ4n) is 2.77. The predicted molar refractivity (Wildman–Crippen MR) is 106 cm³/mol. The van der Waals surface area contributed by atoms with Crippen LogP contribution in [0.25, 0.3) is 16.9 Å². The highest BCUT2D eigenvalue weighted by Crippen LogP contribution is 2.29. The zero-order valence-electron chi connectivity index (χ0n) is 14.4. The lowest BCUT2D eigenvalue weighted by Crippen LogP contribution is -2.09. The van der Waals surface area contributed by atoms with Gasteiger partial charge in [-0.25, -0.2) is 4.39 Å². The monoisotopic (exact) mass is 414 g/mol. The molecule has 0 radical (unpaired) electrons. The average molecular weight is 415 g/mol. The van der Waals surface area contributed by atoms with Gasteiger partial charge in [0.25, 0.3) is 0 Å². The zero-order valence-corrected chi connectivity index (χ0v) is 15.9. The molecule has 2 heterocycles. The molecule has 2 aromatic heterocycles. The maximum absolute atomic E-state index is 14.2. The van der Waals surface area contributed by atoms with Gasteiger partial charge in [-0.2, -0.15) is 4.68 Å². The van der Waals surface area contributed by atoms with Crippen LogP contribution in [0.5, 0.6) is 0 Å². The molecule has 0 fully saturated rings. The van der Waals surface area contributed by atoms with Crippen LogP contribution in [-0.2, 0) is 6.54 Å². The lowest BCUT2D eigenvalue weighted by atomic mass is 10.1.